The molecule has 0 unspecified atom stereocenters. The van der Waals surface area contributed by atoms with Gasteiger partial charge in [0.15, 0.2) is 0 Å². The summed E-state index contributed by atoms with van der Waals surface area (Å²) in [4.78, 5) is 16.0. The van der Waals surface area contributed by atoms with Crippen LogP contribution in [0.15, 0.2) is 65.5 Å². The molecule has 2 aromatic heterocycles. The van der Waals surface area contributed by atoms with Crippen molar-refractivity contribution in [2.24, 2.45) is 0 Å². The zero-order valence-electron chi connectivity index (χ0n) is 15.8. The van der Waals surface area contributed by atoms with E-state index in [0.717, 1.165) is 48.0 Å². The number of carboxylic acids is 1. The van der Waals surface area contributed by atoms with Crippen molar-refractivity contribution in [3.05, 3.63) is 78.1 Å². The molecule has 0 saturated heterocycles. The molecule has 0 fully saturated rings. The van der Waals surface area contributed by atoms with E-state index in [1.165, 1.54) is 0 Å². The predicted octanol–water partition coefficient (Wildman–Crippen LogP) is 5.39. The van der Waals surface area contributed by atoms with E-state index in [2.05, 4.69) is 28.6 Å². The predicted molar refractivity (Wildman–Crippen MR) is 109 cm³/mol. The second-order valence-electron chi connectivity index (χ2n) is 6.91. The van der Waals surface area contributed by atoms with E-state index in [1.54, 1.807) is 24.5 Å². The Kier molecular flexibility index (Phi) is 4.98. The molecule has 142 valence electrons. The molecule has 2 heterocycles. The Morgan fingerprint density at radius 2 is 2.07 bits per heavy atom. The van der Waals surface area contributed by atoms with Crippen LogP contribution in [0.2, 0.25) is 0 Å². The maximum atomic E-state index is 11.5. The molecule has 4 rings (SSSR count). The summed E-state index contributed by atoms with van der Waals surface area (Å²) < 4.78 is 7.95. The highest BCUT2D eigenvalue weighted by molar-refractivity contribution is 6.01. The van der Waals surface area contributed by atoms with Gasteiger partial charge in [0.1, 0.15) is 11.6 Å². The summed E-state index contributed by atoms with van der Waals surface area (Å²) in [5.74, 6) is 0.729. The lowest BCUT2D eigenvalue weighted by Crippen LogP contribution is -2.04. The van der Waals surface area contributed by atoms with Crippen LogP contribution in [-0.4, -0.2) is 20.6 Å². The quantitative estimate of drug-likeness (QED) is 0.471. The zero-order valence-corrected chi connectivity index (χ0v) is 15.8. The highest BCUT2D eigenvalue weighted by atomic mass is 16.4. The number of imidazole rings is 1. The van der Waals surface area contributed by atoms with Crippen molar-refractivity contribution in [1.29, 1.82) is 0 Å². The molecule has 0 aliphatic carbocycles. The van der Waals surface area contributed by atoms with Crippen LogP contribution in [0, 0.1) is 0 Å². The van der Waals surface area contributed by atoms with Crippen LogP contribution in [0.4, 0.5) is 0 Å². The van der Waals surface area contributed by atoms with E-state index in [1.807, 2.05) is 24.5 Å². The van der Waals surface area contributed by atoms with E-state index in [0.29, 0.717) is 11.3 Å². The van der Waals surface area contributed by atoms with Crippen LogP contribution in [-0.2, 0) is 13.0 Å². The third kappa shape index (κ3) is 3.43. The number of carboxylic acid groups (broad SMARTS) is 1. The Bertz CT molecular complexity index is 1120. The van der Waals surface area contributed by atoms with Gasteiger partial charge in [-0.05, 0) is 24.1 Å². The Morgan fingerprint density at radius 1 is 1.21 bits per heavy atom. The molecule has 5 heteroatoms. The standard InChI is InChI=1S/C23H22N2O3/c1-2-3-8-21-24-11-12-25(21)14-16-9-10-18-17(13-16)15-28-22(18)19-6-4-5-7-20(19)23(26)27/h4-7,9-13,15H,2-3,8,14H2,1H3,(H,26,27). The van der Waals surface area contributed by atoms with Gasteiger partial charge in [-0.25, -0.2) is 9.78 Å². The van der Waals surface area contributed by atoms with Crippen molar-refractivity contribution in [3.8, 4) is 11.3 Å². The second-order valence-corrected chi connectivity index (χ2v) is 6.91. The van der Waals surface area contributed by atoms with Crippen LogP contribution in [0.3, 0.4) is 0 Å². The largest absolute Gasteiger partial charge is 0.478 e. The molecular formula is C23H22N2O3. The average Bonchev–Trinajstić information content (AvgIpc) is 3.32. The first-order valence-electron chi connectivity index (χ1n) is 9.50. The maximum Gasteiger partial charge on any atom is 0.336 e. The summed E-state index contributed by atoms with van der Waals surface area (Å²) in [7, 11) is 0. The van der Waals surface area contributed by atoms with Crippen LogP contribution >= 0.6 is 0 Å². The summed E-state index contributed by atoms with van der Waals surface area (Å²) in [6, 6.07) is 13.1. The number of unbranched alkanes of at least 4 members (excludes halogenated alkanes) is 1. The number of aromatic carboxylic acids is 1. The van der Waals surface area contributed by atoms with E-state index in [4.69, 9.17) is 4.42 Å². The first-order chi connectivity index (χ1) is 13.7. The van der Waals surface area contributed by atoms with Crippen LogP contribution in [0.25, 0.3) is 22.1 Å². The Hall–Kier alpha value is -3.34. The van der Waals surface area contributed by atoms with Gasteiger partial charge in [-0.15, -0.1) is 0 Å². The number of rotatable bonds is 7. The van der Waals surface area contributed by atoms with E-state index in [9.17, 15) is 9.90 Å². The van der Waals surface area contributed by atoms with E-state index in [-0.39, 0.29) is 5.56 Å². The first kappa shape index (κ1) is 18.0. The summed E-state index contributed by atoms with van der Waals surface area (Å²) in [5, 5.41) is 11.3. The average molecular weight is 374 g/mol. The van der Waals surface area contributed by atoms with Crippen LogP contribution in [0.5, 0.6) is 0 Å². The molecule has 4 aromatic rings. The van der Waals surface area contributed by atoms with Crippen molar-refractivity contribution >= 4 is 16.7 Å². The van der Waals surface area contributed by atoms with Crippen molar-refractivity contribution in [3.63, 3.8) is 0 Å². The molecule has 1 N–H and O–H groups in total. The fraction of sp³-hybridized carbons (Fsp3) is 0.217. The Morgan fingerprint density at radius 3 is 2.89 bits per heavy atom. The van der Waals surface area contributed by atoms with Gasteiger partial charge in [0.2, 0.25) is 0 Å². The van der Waals surface area contributed by atoms with Gasteiger partial charge in [-0.1, -0.05) is 43.7 Å². The minimum atomic E-state index is -0.962. The van der Waals surface area contributed by atoms with Crippen molar-refractivity contribution in [2.45, 2.75) is 32.7 Å². The molecule has 0 bridgehead atoms. The maximum absolute atomic E-state index is 11.5. The summed E-state index contributed by atoms with van der Waals surface area (Å²) in [6.45, 7) is 2.93. The second kappa shape index (κ2) is 7.72. The topological polar surface area (TPSA) is 68.3 Å². The number of nitrogens with zero attached hydrogens (tertiary/aromatic N) is 2. The van der Waals surface area contributed by atoms with Gasteiger partial charge in [-0.3, -0.25) is 0 Å². The number of hydrogen-bond donors (Lipinski definition) is 1. The first-order valence-corrected chi connectivity index (χ1v) is 9.50. The van der Waals surface area contributed by atoms with Gasteiger partial charge in [0.05, 0.1) is 11.8 Å². The summed E-state index contributed by atoms with van der Waals surface area (Å²) in [6.07, 6.45) is 8.81. The molecule has 5 nitrogen and oxygen atoms in total. The minimum absolute atomic E-state index is 0.238. The van der Waals surface area contributed by atoms with E-state index >= 15 is 0 Å². The number of fused-ring (bicyclic) bond motifs is 1. The Labute approximate surface area is 163 Å². The lowest BCUT2D eigenvalue weighted by Gasteiger charge is -2.08. The van der Waals surface area contributed by atoms with E-state index < -0.39 is 5.97 Å². The number of hydrogen-bond acceptors (Lipinski definition) is 3. The van der Waals surface area contributed by atoms with Crippen molar-refractivity contribution < 1.29 is 14.3 Å². The highest BCUT2D eigenvalue weighted by Gasteiger charge is 2.16. The molecule has 0 atom stereocenters. The van der Waals surface area contributed by atoms with Gasteiger partial charge in [-0.2, -0.15) is 0 Å². The monoisotopic (exact) mass is 374 g/mol. The number of benzene rings is 2. The molecule has 2 aromatic carbocycles. The zero-order chi connectivity index (χ0) is 19.5. The number of aromatic nitrogens is 2. The Balaban J connectivity index is 1.66. The number of aryl methyl sites for hydroxylation is 1. The van der Waals surface area contributed by atoms with Crippen LogP contribution < -0.4 is 0 Å². The molecule has 0 saturated carbocycles. The molecular weight excluding hydrogens is 352 g/mol. The fourth-order valence-corrected chi connectivity index (χ4v) is 3.52. The molecule has 0 aliphatic rings. The van der Waals surface area contributed by atoms with Crippen LogP contribution in [0.1, 0.15) is 41.5 Å². The SMILES string of the molecule is CCCCc1nccn1Cc1ccc2c(-c3ccccc3C(=O)O)occ2c1. The number of carbonyl (C=O) groups is 1. The van der Waals surface area contributed by atoms with Gasteiger partial charge in [0, 0.05) is 41.7 Å². The summed E-state index contributed by atoms with van der Waals surface area (Å²) >= 11 is 0. The van der Waals surface area contributed by atoms with Gasteiger partial charge >= 0.3 is 5.97 Å². The molecule has 0 radical (unpaired) electrons. The molecule has 0 aliphatic heterocycles. The highest BCUT2D eigenvalue weighted by Crippen LogP contribution is 2.33. The fourth-order valence-electron chi connectivity index (χ4n) is 3.52. The lowest BCUT2D eigenvalue weighted by molar-refractivity contribution is 0.0697. The lowest BCUT2D eigenvalue weighted by atomic mass is 10.0. The van der Waals surface area contributed by atoms with Crippen molar-refractivity contribution in [2.75, 3.05) is 0 Å². The van der Waals surface area contributed by atoms with Gasteiger partial charge < -0.3 is 14.1 Å². The molecule has 0 amide bonds. The summed E-state index contributed by atoms with van der Waals surface area (Å²) in [5.41, 5.74) is 1.98. The molecule has 0 spiro atoms. The number of furan rings is 1. The smallest absolute Gasteiger partial charge is 0.336 e. The van der Waals surface area contributed by atoms with Gasteiger partial charge in [0.25, 0.3) is 0 Å². The normalized spacial score (nSPS) is 11.2. The minimum Gasteiger partial charge on any atom is -0.478 e. The third-order valence-corrected chi connectivity index (χ3v) is 4.98. The molecule has 28 heavy (non-hydrogen) atoms. The van der Waals surface area contributed by atoms with Crippen molar-refractivity contribution in [1.82, 2.24) is 9.55 Å². The third-order valence-electron chi connectivity index (χ3n) is 4.98.